The first-order chi connectivity index (χ1) is 13.2. The Morgan fingerprint density at radius 1 is 1.30 bits per heavy atom. The van der Waals surface area contributed by atoms with Gasteiger partial charge in [0.1, 0.15) is 5.82 Å². The molecule has 1 fully saturated rings. The Hall–Kier alpha value is -3.07. The minimum atomic E-state index is -0.209. The molecule has 2 aromatic carbocycles. The first-order valence-electron chi connectivity index (χ1n) is 9.14. The van der Waals surface area contributed by atoms with Crippen LogP contribution in [0.15, 0.2) is 53.5 Å². The third-order valence-electron chi connectivity index (χ3n) is 4.68. The van der Waals surface area contributed by atoms with E-state index in [1.165, 1.54) is 6.07 Å². The van der Waals surface area contributed by atoms with Crippen LogP contribution in [0.2, 0.25) is 0 Å². The van der Waals surface area contributed by atoms with E-state index in [9.17, 15) is 4.39 Å². The quantitative estimate of drug-likeness (QED) is 0.646. The summed E-state index contributed by atoms with van der Waals surface area (Å²) in [7, 11) is 1.74. The van der Waals surface area contributed by atoms with Gasteiger partial charge in [-0.25, -0.2) is 4.39 Å². The van der Waals surface area contributed by atoms with Crippen LogP contribution in [-0.2, 0) is 6.54 Å². The molecule has 0 amide bonds. The van der Waals surface area contributed by atoms with Crippen LogP contribution >= 0.6 is 0 Å². The maximum absolute atomic E-state index is 13.5. The molecule has 2 aromatic rings. The number of halogens is 1. The molecule has 27 heavy (non-hydrogen) atoms. The van der Waals surface area contributed by atoms with Gasteiger partial charge in [-0.3, -0.25) is 4.99 Å². The molecule has 1 atom stereocenters. The number of nitriles is 1. The van der Waals surface area contributed by atoms with Crippen LogP contribution in [0.4, 0.5) is 10.1 Å². The average Bonchev–Trinajstić information content (AvgIpc) is 2.71. The van der Waals surface area contributed by atoms with Gasteiger partial charge in [-0.15, -0.1) is 0 Å². The summed E-state index contributed by atoms with van der Waals surface area (Å²) in [6, 6.07) is 16.6. The highest BCUT2D eigenvalue weighted by atomic mass is 19.1. The van der Waals surface area contributed by atoms with E-state index in [4.69, 9.17) is 5.26 Å². The monoisotopic (exact) mass is 365 g/mol. The summed E-state index contributed by atoms with van der Waals surface area (Å²) in [6.07, 6.45) is 2.08. The molecule has 1 unspecified atom stereocenters. The molecular formula is C21H24FN5. The van der Waals surface area contributed by atoms with Crippen LogP contribution in [0.3, 0.4) is 0 Å². The predicted molar refractivity (Wildman–Crippen MR) is 106 cm³/mol. The summed E-state index contributed by atoms with van der Waals surface area (Å²) < 4.78 is 13.5. The molecule has 1 heterocycles. The van der Waals surface area contributed by atoms with Crippen molar-refractivity contribution in [2.45, 2.75) is 25.4 Å². The van der Waals surface area contributed by atoms with Crippen LogP contribution in [0.1, 0.15) is 24.0 Å². The number of piperidine rings is 1. The van der Waals surface area contributed by atoms with Crippen molar-refractivity contribution in [2.24, 2.45) is 4.99 Å². The number of guanidine groups is 1. The second-order valence-corrected chi connectivity index (χ2v) is 6.65. The number of anilines is 1. The highest BCUT2D eigenvalue weighted by Crippen LogP contribution is 2.20. The molecule has 0 aliphatic carbocycles. The number of hydrogen-bond acceptors (Lipinski definition) is 3. The molecular weight excluding hydrogens is 341 g/mol. The number of nitrogens with one attached hydrogen (secondary N) is 2. The summed E-state index contributed by atoms with van der Waals surface area (Å²) in [4.78, 5) is 6.50. The van der Waals surface area contributed by atoms with Crippen molar-refractivity contribution in [3.05, 3.63) is 65.5 Å². The standard InChI is InChI=1S/C21H24FN5/c1-24-21(25-14-17-6-2-5-16(11-17)13-23)26-19-8-4-10-27(15-19)20-9-3-7-18(22)12-20/h2-3,5-7,9,11-12,19H,4,8,10,14-15H2,1H3,(H2,24,25,26). The lowest BCUT2D eigenvalue weighted by molar-refractivity contribution is 0.467. The second kappa shape index (κ2) is 9.04. The van der Waals surface area contributed by atoms with Crippen LogP contribution < -0.4 is 15.5 Å². The Labute approximate surface area is 159 Å². The van der Waals surface area contributed by atoms with Gasteiger partial charge in [0.05, 0.1) is 11.6 Å². The van der Waals surface area contributed by atoms with Gasteiger partial charge in [0.15, 0.2) is 5.96 Å². The van der Waals surface area contributed by atoms with E-state index in [0.717, 1.165) is 43.1 Å². The highest BCUT2D eigenvalue weighted by molar-refractivity contribution is 5.80. The Morgan fingerprint density at radius 2 is 2.15 bits per heavy atom. The van der Waals surface area contributed by atoms with Crippen molar-refractivity contribution in [2.75, 3.05) is 25.0 Å². The van der Waals surface area contributed by atoms with Crippen molar-refractivity contribution in [3.63, 3.8) is 0 Å². The first kappa shape index (κ1) is 18.7. The zero-order valence-corrected chi connectivity index (χ0v) is 15.5. The zero-order chi connectivity index (χ0) is 19.1. The third kappa shape index (κ3) is 5.20. The Balaban J connectivity index is 1.56. The van der Waals surface area contributed by atoms with Crippen LogP contribution in [0, 0.1) is 17.1 Å². The molecule has 6 heteroatoms. The van der Waals surface area contributed by atoms with Crippen LogP contribution in [0.25, 0.3) is 0 Å². The fourth-order valence-corrected chi connectivity index (χ4v) is 3.33. The van der Waals surface area contributed by atoms with Crippen LogP contribution in [-0.4, -0.2) is 32.1 Å². The predicted octanol–water partition coefficient (Wildman–Crippen LogP) is 3.03. The number of benzene rings is 2. The minimum Gasteiger partial charge on any atom is -0.369 e. The summed E-state index contributed by atoms with van der Waals surface area (Å²) in [5.74, 6) is 0.517. The van der Waals surface area contributed by atoms with Gasteiger partial charge in [-0.1, -0.05) is 18.2 Å². The number of hydrogen-bond donors (Lipinski definition) is 2. The molecule has 2 N–H and O–H groups in total. The van der Waals surface area contributed by atoms with E-state index >= 15 is 0 Å². The van der Waals surface area contributed by atoms with E-state index in [-0.39, 0.29) is 11.9 Å². The van der Waals surface area contributed by atoms with Gasteiger partial charge >= 0.3 is 0 Å². The number of rotatable bonds is 4. The third-order valence-corrected chi connectivity index (χ3v) is 4.68. The van der Waals surface area contributed by atoms with Gasteiger partial charge in [0.2, 0.25) is 0 Å². The Kier molecular flexibility index (Phi) is 6.26. The van der Waals surface area contributed by atoms with E-state index in [1.54, 1.807) is 25.2 Å². The lowest BCUT2D eigenvalue weighted by Gasteiger charge is -2.35. The molecule has 1 aliphatic rings. The molecule has 0 aromatic heterocycles. The van der Waals surface area contributed by atoms with Crippen molar-refractivity contribution in [1.29, 1.82) is 5.26 Å². The molecule has 1 saturated heterocycles. The number of aliphatic imine (C=N–C) groups is 1. The summed E-state index contributed by atoms with van der Waals surface area (Å²) >= 11 is 0. The van der Waals surface area contributed by atoms with E-state index in [2.05, 4.69) is 26.6 Å². The largest absolute Gasteiger partial charge is 0.369 e. The van der Waals surface area contributed by atoms with Crippen molar-refractivity contribution < 1.29 is 4.39 Å². The summed E-state index contributed by atoms with van der Waals surface area (Å²) in [5, 5.41) is 15.8. The molecule has 0 spiro atoms. The van der Waals surface area contributed by atoms with Gasteiger partial charge < -0.3 is 15.5 Å². The normalized spacial score (nSPS) is 17.3. The molecule has 0 bridgehead atoms. The maximum Gasteiger partial charge on any atom is 0.191 e. The van der Waals surface area contributed by atoms with E-state index in [0.29, 0.717) is 12.1 Å². The van der Waals surface area contributed by atoms with E-state index in [1.807, 2.05) is 24.3 Å². The fourth-order valence-electron chi connectivity index (χ4n) is 3.33. The van der Waals surface area contributed by atoms with Crippen molar-refractivity contribution in [1.82, 2.24) is 10.6 Å². The molecule has 1 aliphatic heterocycles. The lowest BCUT2D eigenvalue weighted by atomic mass is 10.0. The van der Waals surface area contributed by atoms with Gasteiger partial charge in [0.25, 0.3) is 0 Å². The molecule has 0 saturated carbocycles. The summed E-state index contributed by atoms with van der Waals surface area (Å²) in [5.41, 5.74) is 2.59. The van der Waals surface area contributed by atoms with Crippen molar-refractivity contribution >= 4 is 11.6 Å². The van der Waals surface area contributed by atoms with Crippen molar-refractivity contribution in [3.8, 4) is 6.07 Å². The molecule has 140 valence electrons. The minimum absolute atomic E-state index is 0.209. The van der Waals surface area contributed by atoms with Crippen LogP contribution in [0.5, 0.6) is 0 Å². The highest BCUT2D eigenvalue weighted by Gasteiger charge is 2.21. The second-order valence-electron chi connectivity index (χ2n) is 6.65. The SMILES string of the molecule is CN=C(NCc1cccc(C#N)c1)NC1CCCN(c2cccc(F)c2)C1. The maximum atomic E-state index is 13.5. The first-order valence-corrected chi connectivity index (χ1v) is 9.14. The number of nitrogens with zero attached hydrogens (tertiary/aromatic N) is 3. The fraction of sp³-hybridized carbons (Fsp3) is 0.333. The molecule has 3 rings (SSSR count). The zero-order valence-electron chi connectivity index (χ0n) is 15.5. The van der Waals surface area contributed by atoms with Gasteiger partial charge in [-0.2, -0.15) is 5.26 Å². The molecule has 0 radical (unpaired) electrons. The topological polar surface area (TPSA) is 63.5 Å². The lowest BCUT2D eigenvalue weighted by Crippen LogP contribution is -2.51. The Bertz CT molecular complexity index is 842. The van der Waals surface area contributed by atoms with E-state index < -0.39 is 0 Å². The smallest absolute Gasteiger partial charge is 0.191 e. The average molecular weight is 365 g/mol. The Morgan fingerprint density at radius 3 is 2.93 bits per heavy atom. The molecule has 5 nitrogen and oxygen atoms in total. The summed E-state index contributed by atoms with van der Waals surface area (Å²) in [6.45, 7) is 2.32. The van der Waals surface area contributed by atoms with Gasteiger partial charge in [-0.05, 0) is 48.7 Å². The van der Waals surface area contributed by atoms with Gasteiger partial charge in [0, 0.05) is 38.4 Å².